The molecule has 9 nitrogen and oxygen atoms in total. The topological polar surface area (TPSA) is 143 Å². The number of amides is 1. The van der Waals surface area contributed by atoms with E-state index < -0.39 is 27.9 Å². The third-order valence-electron chi connectivity index (χ3n) is 5.00. The fraction of sp³-hybridized carbons (Fsp3) is 0.174. The molecule has 0 unspecified atom stereocenters. The number of hydrogen-bond donors (Lipinski definition) is 3. The van der Waals surface area contributed by atoms with E-state index in [0.717, 1.165) is 14.8 Å². The molecule has 34 heavy (non-hydrogen) atoms. The van der Waals surface area contributed by atoms with Gasteiger partial charge in [0.15, 0.2) is 0 Å². The minimum absolute atomic E-state index is 0.0891. The Morgan fingerprint density at radius 1 is 1.06 bits per heavy atom. The number of anilines is 1. The van der Waals surface area contributed by atoms with Crippen LogP contribution in [0.25, 0.3) is 0 Å². The number of carbonyl (C=O) groups is 2. The predicted octanol–water partition coefficient (Wildman–Crippen LogP) is 2.86. The lowest BCUT2D eigenvalue weighted by atomic mass is 10.1. The van der Waals surface area contributed by atoms with Gasteiger partial charge in [-0.1, -0.05) is 18.2 Å². The molecule has 178 valence electrons. The third-order valence-corrected chi connectivity index (χ3v) is 7.05. The van der Waals surface area contributed by atoms with Crippen molar-refractivity contribution in [1.29, 1.82) is 0 Å². The van der Waals surface area contributed by atoms with Gasteiger partial charge >= 0.3 is 5.97 Å². The number of pyridine rings is 1. The standard InChI is InChI=1S/C23H23IN4O5S/c1-15(23(30)31)28(27-34(32,33)20-13-10-18(24)11-14-20)22(29)17-8-5-16(6-9-17)7-12-19-3-2-4-21(25)26-19/h2-6,8-11,13-15,27H,7,12H2,1H3,(H2,25,26)(H,30,31)/t15-/m0/s1. The second-order valence-corrected chi connectivity index (χ2v) is 10.4. The summed E-state index contributed by atoms with van der Waals surface area (Å²) in [6.07, 6.45) is 1.30. The lowest BCUT2D eigenvalue weighted by Crippen LogP contribution is -2.53. The molecular weight excluding hydrogens is 571 g/mol. The molecule has 3 aromatic rings. The van der Waals surface area contributed by atoms with E-state index in [-0.39, 0.29) is 10.5 Å². The van der Waals surface area contributed by atoms with Crippen molar-refractivity contribution < 1.29 is 23.1 Å². The van der Waals surface area contributed by atoms with Crippen molar-refractivity contribution in [3.05, 3.63) is 87.1 Å². The van der Waals surface area contributed by atoms with Crippen LogP contribution in [0.2, 0.25) is 0 Å². The second kappa shape index (κ2) is 10.9. The van der Waals surface area contributed by atoms with Gasteiger partial charge < -0.3 is 10.8 Å². The normalized spacial score (nSPS) is 12.2. The van der Waals surface area contributed by atoms with Crippen LogP contribution in [-0.4, -0.2) is 41.4 Å². The van der Waals surface area contributed by atoms with Crippen molar-refractivity contribution in [2.75, 3.05) is 5.73 Å². The molecule has 0 bridgehead atoms. The summed E-state index contributed by atoms with van der Waals surface area (Å²) < 4.78 is 26.4. The zero-order valence-corrected chi connectivity index (χ0v) is 21.2. The Kier molecular flexibility index (Phi) is 8.23. The number of carbonyl (C=O) groups excluding carboxylic acids is 1. The summed E-state index contributed by atoms with van der Waals surface area (Å²) >= 11 is 2.03. The average molecular weight is 594 g/mol. The molecule has 0 radical (unpaired) electrons. The molecule has 0 aliphatic rings. The minimum atomic E-state index is -4.19. The molecule has 1 aromatic heterocycles. The number of benzene rings is 2. The largest absolute Gasteiger partial charge is 0.480 e. The number of nitrogens with zero attached hydrogens (tertiary/aromatic N) is 2. The van der Waals surface area contributed by atoms with Gasteiger partial charge in [0.05, 0.1) is 4.90 Å². The molecule has 1 heterocycles. The summed E-state index contributed by atoms with van der Waals surface area (Å²) in [5.41, 5.74) is 7.61. The summed E-state index contributed by atoms with van der Waals surface area (Å²) in [5, 5.41) is 10.1. The monoisotopic (exact) mass is 594 g/mol. The van der Waals surface area contributed by atoms with Crippen LogP contribution < -0.4 is 10.6 Å². The van der Waals surface area contributed by atoms with E-state index in [1.54, 1.807) is 30.3 Å². The van der Waals surface area contributed by atoms with Crippen LogP contribution in [0.3, 0.4) is 0 Å². The first-order valence-electron chi connectivity index (χ1n) is 10.2. The summed E-state index contributed by atoms with van der Waals surface area (Å²) in [6, 6.07) is 16.4. The van der Waals surface area contributed by atoms with E-state index >= 15 is 0 Å². The van der Waals surface area contributed by atoms with E-state index in [9.17, 15) is 23.1 Å². The molecule has 0 saturated heterocycles. The number of aryl methyl sites for hydroxylation is 2. The molecule has 0 aliphatic carbocycles. The lowest BCUT2D eigenvalue weighted by Gasteiger charge is -2.26. The third kappa shape index (κ3) is 6.52. The van der Waals surface area contributed by atoms with E-state index in [2.05, 4.69) is 9.82 Å². The molecule has 0 spiro atoms. The summed E-state index contributed by atoms with van der Waals surface area (Å²) in [4.78, 5) is 31.0. The second-order valence-electron chi connectivity index (χ2n) is 7.49. The number of halogens is 1. The van der Waals surface area contributed by atoms with E-state index in [1.165, 1.54) is 31.2 Å². The number of hydrazine groups is 1. The van der Waals surface area contributed by atoms with Crippen molar-refractivity contribution in [2.45, 2.75) is 30.7 Å². The Morgan fingerprint density at radius 3 is 2.29 bits per heavy atom. The van der Waals surface area contributed by atoms with E-state index in [1.807, 2.05) is 34.7 Å². The summed E-state index contributed by atoms with van der Waals surface area (Å²) in [6.45, 7) is 1.23. The number of carboxylic acid groups (broad SMARTS) is 1. The van der Waals surface area contributed by atoms with Gasteiger partial charge in [0.25, 0.3) is 15.9 Å². The number of carboxylic acids is 1. The summed E-state index contributed by atoms with van der Waals surface area (Å²) in [7, 11) is -4.19. The van der Waals surface area contributed by atoms with Gasteiger partial charge in [0.2, 0.25) is 0 Å². The van der Waals surface area contributed by atoms with Gasteiger partial charge in [0.1, 0.15) is 11.9 Å². The van der Waals surface area contributed by atoms with Gasteiger partial charge in [-0.15, -0.1) is 4.83 Å². The highest BCUT2D eigenvalue weighted by atomic mass is 127. The first-order chi connectivity index (χ1) is 16.1. The number of nitrogens with one attached hydrogen (secondary N) is 1. The molecular formula is C23H23IN4O5S. The lowest BCUT2D eigenvalue weighted by molar-refractivity contribution is -0.142. The molecule has 3 rings (SSSR count). The van der Waals surface area contributed by atoms with Crippen LogP contribution in [-0.2, 0) is 27.7 Å². The fourth-order valence-corrected chi connectivity index (χ4v) is 4.52. The number of sulfonamides is 1. The minimum Gasteiger partial charge on any atom is -0.480 e. The highest BCUT2D eigenvalue weighted by Crippen LogP contribution is 2.16. The molecule has 11 heteroatoms. The summed E-state index contributed by atoms with van der Waals surface area (Å²) in [5.74, 6) is -1.70. The maximum absolute atomic E-state index is 13.1. The van der Waals surface area contributed by atoms with Crippen molar-refractivity contribution in [1.82, 2.24) is 14.8 Å². The Hall–Kier alpha value is -3.03. The van der Waals surface area contributed by atoms with Gasteiger partial charge in [-0.25, -0.2) is 23.2 Å². The van der Waals surface area contributed by atoms with E-state index in [4.69, 9.17) is 5.73 Å². The number of hydrogen-bond acceptors (Lipinski definition) is 6. The number of rotatable bonds is 9. The van der Waals surface area contributed by atoms with Crippen molar-refractivity contribution >= 4 is 50.3 Å². The van der Waals surface area contributed by atoms with Gasteiger partial charge in [0, 0.05) is 14.8 Å². The van der Waals surface area contributed by atoms with Crippen molar-refractivity contribution in [3.8, 4) is 0 Å². The predicted molar refractivity (Wildman–Crippen MR) is 135 cm³/mol. The number of nitrogens with two attached hydrogens (primary N) is 1. The molecule has 1 atom stereocenters. The smallest absolute Gasteiger partial charge is 0.327 e. The Bertz CT molecular complexity index is 1280. The molecule has 0 aliphatic heterocycles. The van der Waals surface area contributed by atoms with Crippen molar-refractivity contribution in [3.63, 3.8) is 0 Å². The van der Waals surface area contributed by atoms with Crippen LogP contribution in [0.15, 0.2) is 71.6 Å². The highest BCUT2D eigenvalue weighted by molar-refractivity contribution is 14.1. The number of nitrogen functional groups attached to an aromatic ring is 1. The Morgan fingerprint density at radius 2 is 1.71 bits per heavy atom. The van der Waals surface area contributed by atoms with Gasteiger partial charge in [-0.2, -0.15) is 0 Å². The van der Waals surface area contributed by atoms with E-state index in [0.29, 0.717) is 23.7 Å². The molecule has 0 saturated carbocycles. The average Bonchev–Trinajstić information content (AvgIpc) is 2.81. The first-order valence-corrected chi connectivity index (χ1v) is 12.8. The van der Waals surface area contributed by atoms with Gasteiger partial charge in [-0.3, -0.25) is 4.79 Å². The van der Waals surface area contributed by atoms with Crippen LogP contribution >= 0.6 is 22.6 Å². The highest BCUT2D eigenvalue weighted by Gasteiger charge is 2.31. The molecule has 4 N–H and O–H groups in total. The Balaban J connectivity index is 1.78. The first kappa shape index (κ1) is 25.6. The van der Waals surface area contributed by atoms with Gasteiger partial charge in [-0.05, 0) is 96.5 Å². The number of aromatic nitrogens is 1. The maximum atomic E-state index is 13.1. The van der Waals surface area contributed by atoms with Crippen LogP contribution in [0.4, 0.5) is 5.82 Å². The van der Waals surface area contributed by atoms with Crippen LogP contribution in [0, 0.1) is 3.57 Å². The maximum Gasteiger partial charge on any atom is 0.327 e. The molecule has 0 fully saturated rings. The zero-order valence-electron chi connectivity index (χ0n) is 18.2. The van der Waals surface area contributed by atoms with Crippen molar-refractivity contribution in [2.24, 2.45) is 0 Å². The SMILES string of the molecule is C[C@@H](C(=O)O)N(NS(=O)(=O)c1ccc(I)cc1)C(=O)c1ccc(CCc2cccc(N)n2)cc1. The fourth-order valence-electron chi connectivity index (χ4n) is 3.07. The zero-order chi connectivity index (χ0) is 24.9. The molecule has 2 aromatic carbocycles. The Labute approximate surface area is 211 Å². The van der Waals surface area contributed by atoms with Crippen LogP contribution in [0.5, 0.6) is 0 Å². The number of aliphatic carboxylic acids is 1. The van der Waals surface area contributed by atoms with Crippen LogP contribution in [0.1, 0.15) is 28.5 Å². The quantitative estimate of drug-likeness (QED) is 0.256. The molecule has 1 amide bonds.